The van der Waals surface area contributed by atoms with E-state index in [-0.39, 0.29) is 18.0 Å². The first-order valence-corrected chi connectivity index (χ1v) is 10.2. The molecule has 1 aliphatic rings. The molecule has 8 nitrogen and oxygen atoms in total. The summed E-state index contributed by atoms with van der Waals surface area (Å²) in [5.41, 5.74) is 9.14. The van der Waals surface area contributed by atoms with Gasteiger partial charge in [-0.2, -0.15) is 0 Å². The highest BCUT2D eigenvalue weighted by molar-refractivity contribution is 7.89. The van der Waals surface area contributed by atoms with Gasteiger partial charge in [0.1, 0.15) is 0 Å². The molecule has 0 aromatic heterocycles. The molecular weight excluding hydrogens is 366 g/mol. The van der Waals surface area contributed by atoms with Crippen LogP contribution in [0.3, 0.4) is 0 Å². The largest absolute Gasteiger partial charge is 0.395 e. The zero-order valence-electron chi connectivity index (χ0n) is 15.0. The van der Waals surface area contributed by atoms with Crippen molar-refractivity contribution in [3.05, 3.63) is 65.2 Å². The SMILES string of the molecule is CCc1ccc(CN2N=C(c3ccc(S(=O)(=O)NCCO)cc3)NN2)cc1. The van der Waals surface area contributed by atoms with Gasteiger partial charge in [0, 0.05) is 12.1 Å². The lowest BCUT2D eigenvalue weighted by Gasteiger charge is -2.12. The first-order chi connectivity index (χ1) is 13.0. The quantitative estimate of drug-likeness (QED) is 0.530. The number of rotatable bonds is 8. The van der Waals surface area contributed by atoms with Crippen LogP contribution in [0, 0.1) is 0 Å². The van der Waals surface area contributed by atoms with Crippen molar-refractivity contribution >= 4 is 15.9 Å². The molecule has 0 radical (unpaired) electrons. The molecule has 27 heavy (non-hydrogen) atoms. The summed E-state index contributed by atoms with van der Waals surface area (Å²) in [4.78, 5) is 0.138. The highest BCUT2D eigenvalue weighted by atomic mass is 32.2. The molecule has 0 fully saturated rings. The van der Waals surface area contributed by atoms with Crippen molar-refractivity contribution in [3.63, 3.8) is 0 Å². The van der Waals surface area contributed by atoms with Crippen molar-refractivity contribution in [1.82, 2.24) is 20.8 Å². The van der Waals surface area contributed by atoms with Crippen LogP contribution in [0.1, 0.15) is 23.6 Å². The molecule has 0 saturated carbocycles. The minimum absolute atomic E-state index is 0.0174. The van der Waals surface area contributed by atoms with E-state index in [4.69, 9.17) is 5.11 Å². The monoisotopic (exact) mass is 389 g/mol. The van der Waals surface area contributed by atoms with Gasteiger partial charge in [-0.1, -0.05) is 31.2 Å². The van der Waals surface area contributed by atoms with E-state index < -0.39 is 10.0 Å². The summed E-state index contributed by atoms with van der Waals surface area (Å²) in [6.45, 7) is 2.45. The Hall–Kier alpha value is -2.46. The van der Waals surface area contributed by atoms with Crippen LogP contribution in [0.4, 0.5) is 0 Å². The number of hydrogen-bond donors (Lipinski definition) is 4. The number of hydrogen-bond acceptors (Lipinski definition) is 7. The topological polar surface area (TPSA) is 106 Å². The molecule has 0 aliphatic carbocycles. The summed E-state index contributed by atoms with van der Waals surface area (Å²) in [6.07, 6.45) is 1.01. The van der Waals surface area contributed by atoms with Crippen molar-refractivity contribution in [1.29, 1.82) is 0 Å². The second-order valence-corrected chi connectivity index (χ2v) is 7.83. The number of nitrogens with zero attached hydrogens (tertiary/aromatic N) is 2. The molecule has 3 rings (SSSR count). The third-order valence-corrected chi connectivity index (χ3v) is 5.61. The Bertz CT molecular complexity index is 896. The van der Waals surface area contributed by atoms with Gasteiger partial charge in [-0.05, 0) is 41.8 Å². The standard InChI is InChI=1S/C18H23N5O3S/c1-2-14-3-5-15(6-4-14)13-23-21-18(20-22-23)16-7-9-17(10-8-16)27(25,26)19-11-12-24/h3-10,19,22,24H,2,11-13H2,1H3,(H,20,21). The average Bonchev–Trinajstić information content (AvgIpc) is 3.15. The Labute approximate surface area is 158 Å². The molecule has 0 atom stereocenters. The molecule has 4 N–H and O–H groups in total. The van der Waals surface area contributed by atoms with Crippen LogP contribution in [0.5, 0.6) is 0 Å². The Kier molecular flexibility index (Phi) is 6.07. The fourth-order valence-electron chi connectivity index (χ4n) is 2.60. The van der Waals surface area contributed by atoms with Gasteiger partial charge >= 0.3 is 0 Å². The first-order valence-electron chi connectivity index (χ1n) is 8.68. The average molecular weight is 389 g/mol. The number of aryl methyl sites for hydroxylation is 1. The van der Waals surface area contributed by atoms with Gasteiger partial charge in [-0.25, -0.2) is 18.3 Å². The molecule has 0 spiro atoms. The number of benzene rings is 2. The zero-order valence-corrected chi connectivity index (χ0v) is 15.8. The number of amidine groups is 1. The first kappa shape index (κ1) is 19.3. The lowest BCUT2D eigenvalue weighted by molar-refractivity contribution is 0.197. The second kappa shape index (κ2) is 8.49. The Morgan fingerprint density at radius 1 is 1.07 bits per heavy atom. The third-order valence-electron chi connectivity index (χ3n) is 4.13. The Balaban J connectivity index is 1.67. The molecule has 1 heterocycles. The van der Waals surface area contributed by atoms with E-state index in [1.807, 2.05) is 0 Å². The van der Waals surface area contributed by atoms with Crippen molar-refractivity contribution in [2.24, 2.45) is 5.10 Å². The summed E-state index contributed by atoms with van der Waals surface area (Å²) in [7, 11) is -3.62. The molecule has 0 bridgehead atoms. The molecular formula is C18H23N5O3S. The maximum atomic E-state index is 12.0. The van der Waals surface area contributed by atoms with Crippen molar-refractivity contribution in [2.45, 2.75) is 24.8 Å². The molecule has 2 aromatic rings. The van der Waals surface area contributed by atoms with Crippen LogP contribution < -0.4 is 15.7 Å². The van der Waals surface area contributed by atoms with Crippen molar-refractivity contribution in [3.8, 4) is 0 Å². The second-order valence-electron chi connectivity index (χ2n) is 6.06. The number of hydrazine groups is 2. The van der Waals surface area contributed by atoms with E-state index in [2.05, 4.69) is 52.0 Å². The summed E-state index contributed by atoms with van der Waals surface area (Å²) in [6, 6.07) is 14.7. The normalized spacial score (nSPS) is 14.1. The summed E-state index contributed by atoms with van der Waals surface area (Å²) >= 11 is 0. The molecule has 0 amide bonds. The van der Waals surface area contributed by atoms with Gasteiger partial charge in [0.05, 0.1) is 18.0 Å². The van der Waals surface area contributed by atoms with Crippen LogP contribution in [0.25, 0.3) is 0 Å². The van der Waals surface area contributed by atoms with E-state index in [9.17, 15) is 8.42 Å². The van der Waals surface area contributed by atoms with Crippen LogP contribution in [-0.2, 0) is 23.0 Å². The minimum atomic E-state index is -3.62. The van der Waals surface area contributed by atoms with E-state index >= 15 is 0 Å². The lowest BCUT2D eigenvalue weighted by atomic mass is 10.1. The maximum Gasteiger partial charge on any atom is 0.240 e. The van der Waals surface area contributed by atoms with Gasteiger partial charge in [-0.3, -0.25) is 5.43 Å². The number of aliphatic hydroxyl groups excluding tert-OH is 1. The zero-order chi connectivity index (χ0) is 19.3. The predicted octanol–water partition coefficient (Wildman–Crippen LogP) is 0.706. The highest BCUT2D eigenvalue weighted by Gasteiger charge is 2.17. The van der Waals surface area contributed by atoms with Crippen molar-refractivity contribution < 1.29 is 13.5 Å². The number of hydrazone groups is 1. The van der Waals surface area contributed by atoms with Crippen LogP contribution in [0.2, 0.25) is 0 Å². The number of nitrogens with one attached hydrogen (secondary N) is 3. The number of sulfonamides is 1. The van der Waals surface area contributed by atoms with Crippen LogP contribution in [-0.4, -0.2) is 37.6 Å². The van der Waals surface area contributed by atoms with Crippen LogP contribution >= 0.6 is 0 Å². The van der Waals surface area contributed by atoms with Gasteiger partial charge in [0.25, 0.3) is 0 Å². The molecule has 0 unspecified atom stereocenters. The molecule has 9 heteroatoms. The predicted molar refractivity (Wildman–Crippen MR) is 103 cm³/mol. The van der Waals surface area contributed by atoms with Gasteiger partial charge in [-0.15, -0.1) is 10.6 Å². The number of aliphatic hydroxyl groups is 1. The molecule has 0 saturated heterocycles. The molecule has 2 aromatic carbocycles. The van der Waals surface area contributed by atoms with E-state index in [0.29, 0.717) is 12.4 Å². The smallest absolute Gasteiger partial charge is 0.240 e. The minimum Gasteiger partial charge on any atom is -0.395 e. The fraction of sp³-hybridized carbons (Fsp3) is 0.278. The maximum absolute atomic E-state index is 12.0. The molecule has 144 valence electrons. The summed E-state index contributed by atoms with van der Waals surface area (Å²) in [5, 5.41) is 14.9. The summed E-state index contributed by atoms with van der Waals surface area (Å²) < 4.78 is 26.4. The van der Waals surface area contributed by atoms with Gasteiger partial charge in [0.2, 0.25) is 10.0 Å². The Morgan fingerprint density at radius 2 is 1.74 bits per heavy atom. The van der Waals surface area contributed by atoms with E-state index in [1.54, 1.807) is 17.3 Å². The summed E-state index contributed by atoms with van der Waals surface area (Å²) in [5.74, 6) is 0.604. The highest BCUT2D eigenvalue weighted by Crippen LogP contribution is 2.13. The third kappa shape index (κ3) is 4.83. The van der Waals surface area contributed by atoms with Crippen LogP contribution in [0.15, 0.2) is 58.5 Å². The van der Waals surface area contributed by atoms with Gasteiger partial charge < -0.3 is 5.11 Å². The van der Waals surface area contributed by atoms with E-state index in [1.165, 1.54) is 17.7 Å². The lowest BCUT2D eigenvalue weighted by Crippen LogP contribution is -2.38. The van der Waals surface area contributed by atoms with E-state index in [0.717, 1.165) is 17.5 Å². The Morgan fingerprint density at radius 3 is 2.37 bits per heavy atom. The van der Waals surface area contributed by atoms with Gasteiger partial charge in [0.15, 0.2) is 5.84 Å². The fourth-order valence-corrected chi connectivity index (χ4v) is 3.62. The molecule has 1 aliphatic heterocycles. The van der Waals surface area contributed by atoms with Crippen molar-refractivity contribution in [2.75, 3.05) is 13.2 Å².